The van der Waals surface area contributed by atoms with E-state index in [1.807, 2.05) is 30.3 Å². The average Bonchev–Trinajstić information content (AvgIpc) is 3.12. The third-order valence-corrected chi connectivity index (χ3v) is 6.03. The monoisotopic (exact) mass is 366 g/mol. The summed E-state index contributed by atoms with van der Waals surface area (Å²) in [6.07, 6.45) is 4.54. The van der Waals surface area contributed by atoms with Gasteiger partial charge in [-0.2, -0.15) is 0 Å². The Bertz CT molecular complexity index is 909. The normalized spacial score (nSPS) is 17.4. The van der Waals surface area contributed by atoms with Gasteiger partial charge in [0.15, 0.2) is 0 Å². The molecular weight excluding hydrogens is 344 g/mol. The number of fused-ring (bicyclic) bond motifs is 1. The first-order valence-electron chi connectivity index (χ1n) is 9.09. The van der Waals surface area contributed by atoms with Crippen LogP contribution < -0.4 is 10.2 Å². The van der Waals surface area contributed by atoms with Gasteiger partial charge >= 0.3 is 0 Å². The van der Waals surface area contributed by atoms with Crippen molar-refractivity contribution in [2.75, 3.05) is 23.3 Å². The predicted octanol–water partition coefficient (Wildman–Crippen LogP) is 4.11. The summed E-state index contributed by atoms with van der Waals surface area (Å²) in [6.45, 7) is 3.78. The first-order valence-corrected chi connectivity index (χ1v) is 9.90. The molecule has 1 N–H and O–H groups in total. The van der Waals surface area contributed by atoms with E-state index < -0.39 is 0 Å². The lowest BCUT2D eigenvalue weighted by Gasteiger charge is -2.33. The second kappa shape index (κ2) is 7.41. The van der Waals surface area contributed by atoms with Crippen molar-refractivity contribution in [1.29, 1.82) is 0 Å². The third kappa shape index (κ3) is 3.42. The average molecular weight is 366 g/mol. The molecule has 0 spiro atoms. The fourth-order valence-corrected chi connectivity index (χ4v) is 4.40. The van der Waals surface area contributed by atoms with E-state index in [1.165, 1.54) is 4.88 Å². The number of rotatable bonds is 4. The van der Waals surface area contributed by atoms with E-state index in [1.54, 1.807) is 17.7 Å². The number of aromatic nitrogens is 2. The zero-order valence-electron chi connectivity index (χ0n) is 14.8. The van der Waals surface area contributed by atoms with Crippen LogP contribution in [0.2, 0.25) is 0 Å². The molecule has 1 aromatic carbocycles. The molecular formula is C20H22N4OS. The lowest BCUT2D eigenvalue weighted by Crippen LogP contribution is -2.41. The number of nitrogens with zero attached hydrogens (tertiary/aromatic N) is 3. The molecule has 26 heavy (non-hydrogen) atoms. The van der Waals surface area contributed by atoms with E-state index in [0.29, 0.717) is 6.54 Å². The maximum absolute atomic E-state index is 12.7. The van der Waals surface area contributed by atoms with Gasteiger partial charge in [-0.15, -0.1) is 11.3 Å². The number of anilines is 2. The molecule has 0 aliphatic carbocycles. The summed E-state index contributed by atoms with van der Waals surface area (Å²) >= 11 is 1.73. The lowest BCUT2D eigenvalue weighted by molar-refractivity contribution is -0.120. The highest BCUT2D eigenvalue weighted by Gasteiger charge is 2.27. The minimum absolute atomic E-state index is 0.0294. The van der Waals surface area contributed by atoms with Gasteiger partial charge in [0.05, 0.1) is 11.3 Å². The Morgan fingerprint density at radius 1 is 1.31 bits per heavy atom. The Kier molecular flexibility index (Phi) is 4.84. The second-order valence-corrected chi connectivity index (χ2v) is 7.74. The number of carbonyl (C=O) groups excluding carboxylic acids is 1. The summed E-state index contributed by atoms with van der Waals surface area (Å²) in [5, 5.41) is 4.15. The Morgan fingerprint density at radius 3 is 2.96 bits per heavy atom. The highest BCUT2D eigenvalue weighted by Crippen LogP contribution is 2.32. The van der Waals surface area contributed by atoms with Crippen LogP contribution in [0.1, 0.15) is 24.6 Å². The van der Waals surface area contributed by atoms with Gasteiger partial charge in [0.1, 0.15) is 17.0 Å². The van der Waals surface area contributed by atoms with Gasteiger partial charge in [-0.3, -0.25) is 4.79 Å². The van der Waals surface area contributed by atoms with Crippen LogP contribution >= 0.6 is 11.3 Å². The zero-order valence-corrected chi connectivity index (χ0v) is 15.6. The summed E-state index contributed by atoms with van der Waals surface area (Å²) in [6, 6.07) is 11.9. The first kappa shape index (κ1) is 17.0. The zero-order chi connectivity index (χ0) is 17.9. The summed E-state index contributed by atoms with van der Waals surface area (Å²) in [4.78, 5) is 26.2. The van der Waals surface area contributed by atoms with Crippen molar-refractivity contribution < 1.29 is 4.79 Å². The van der Waals surface area contributed by atoms with Crippen LogP contribution in [0.15, 0.2) is 42.7 Å². The molecule has 0 unspecified atom stereocenters. The molecule has 134 valence electrons. The molecule has 4 rings (SSSR count). The molecule has 0 radical (unpaired) electrons. The van der Waals surface area contributed by atoms with Crippen molar-refractivity contribution in [3.63, 3.8) is 0 Å². The molecule has 1 aliphatic heterocycles. The highest BCUT2D eigenvalue weighted by molar-refractivity contribution is 7.18. The van der Waals surface area contributed by atoms with Gasteiger partial charge in [-0.25, -0.2) is 9.97 Å². The number of amides is 1. The minimum Gasteiger partial charge on any atom is -0.355 e. The van der Waals surface area contributed by atoms with Crippen molar-refractivity contribution in [3.05, 3.63) is 47.6 Å². The van der Waals surface area contributed by atoms with Crippen LogP contribution in [0.25, 0.3) is 10.2 Å². The van der Waals surface area contributed by atoms with Crippen molar-refractivity contribution in [2.45, 2.75) is 26.2 Å². The molecule has 1 fully saturated rings. The third-order valence-electron chi connectivity index (χ3n) is 4.84. The van der Waals surface area contributed by atoms with E-state index >= 15 is 0 Å². The number of para-hydroxylation sites is 1. The smallest absolute Gasteiger partial charge is 0.229 e. The number of aryl methyl sites for hydroxylation is 1. The molecule has 1 aliphatic rings. The lowest BCUT2D eigenvalue weighted by atomic mass is 9.97. The van der Waals surface area contributed by atoms with Gasteiger partial charge in [-0.05, 0) is 37.5 Å². The molecule has 3 heterocycles. The van der Waals surface area contributed by atoms with Crippen LogP contribution in [0.5, 0.6) is 0 Å². The molecule has 0 saturated carbocycles. The summed E-state index contributed by atoms with van der Waals surface area (Å²) < 4.78 is 0. The SMILES string of the molecule is CCc1cc2c(N3CCC[C@H](C(=O)Nc4ccccc4)C3)ncnc2s1. The number of nitrogens with one attached hydrogen (secondary N) is 1. The first-order chi connectivity index (χ1) is 12.7. The van der Waals surface area contributed by atoms with E-state index in [9.17, 15) is 4.79 Å². The van der Waals surface area contributed by atoms with Gasteiger partial charge in [0.25, 0.3) is 0 Å². The molecule has 5 nitrogen and oxygen atoms in total. The maximum Gasteiger partial charge on any atom is 0.229 e. The quantitative estimate of drug-likeness (QED) is 0.755. The van der Waals surface area contributed by atoms with Gasteiger partial charge < -0.3 is 10.2 Å². The molecule has 0 bridgehead atoms. The van der Waals surface area contributed by atoms with Gasteiger partial charge in [0, 0.05) is 23.7 Å². The number of hydrogen-bond acceptors (Lipinski definition) is 5. The largest absolute Gasteiger partial charge is 0.355 e. The Morgan fingerprint density at radius 2 is 2.15 bits per heavy atom. The Balaban J connectivity index is 1.53. The van der Waals surface area contributed by atoms with Crippen LogP contribution in [0.3, 0.4) is 0 Å². The predicted molar refractivity (Wildman–Crippen MR) is 107 cm³/mol. The van der Waals surface area contributed by atoms with Gasteiger partial charge in [-0.1, -0.05) is 25.1 Å². The topological polar surface area (TPSA) is 58.1 Å². The summed E-state index contributed by atoms with van der Waals surface area (Å²) in [5.74, 6) is 1.02. The van der Waals surface area contributed by atoms with E-state index in [0.717, 1.165) is 47.5 Å². The molecule has 1 amide bonds. The Labute approximate surface area is 157 Å². The second-order valence-electron chi connectivity index (χ2n) is 6.62. The summed E-state index contributed by atoms with van der Waals surface area (Å²) in [7, 11) is 0. The standard InChI is InChI=1S/C20H22N4OS/c1-2-16-11-17-18(21-13-22-20(17)26-16)24-10-6-7-14(12-24)19(25)23-15-8-4-3-5-9-15/h3-5,8-9,11,13-14H,2,6-7,10,12H2,1H3,(H,23,25)/t14-/m0/s1. The summed E-state index contributed by atoms with van der Waals surface area (Å²) in [5.41, 5.74) is 0.851. The number of thiophene rings is 1. The van der Waals surface area contributed by atoms with Gasteiger partial charge in [0.2, 0.25) is 5.91 Å². The van der Waals surface area contributed by atoms with Crippen molar-refractivity contribution in [1.82, 2.24) is 9.97 Å². The maximum atomic E-state index is 12.7. The van der Waals surface area contributed by atoms with Crippen LogP contribution in [0, 0.1) is 5.92 Å². The van der Waals surface area contributed by atoms with Crippen molar-refractivity contribution >= 4 is 39.0 Å². The van der Waals surface area contributed by atoms with Crippen molar-refractivity contribution in [2.24, 2.45) is 5.92 Å². The number of carbonyl (C=O) groups is 1. The van der Waals surface area contributed by atoms with Crippen LogP contribution in [-0.4, -0.2) is 29.0 Å². The van der Waals surface area contributed by atoms with E-state index in [-0.39, 0.29) is 11.8 Å². The van der Waals surface area contributed by atoms with Crippen LogP contribution in [0.4, 0.5) is 11.5 Å². The number of hydrogen-bond donors (Lipinski definition) is 1. The molecule has 6 heteroatoms. The Hall–Kier alpha value is -2.47. The molecule has 1 saturated heterocycles. The van der Waals surface area contributed by atoms with Crippen molar-refractivity contribution in [3.8, 4) is 0 Å². The fourth-order valence-electron chi connectivity index (χ4n) is 3.47. The van der Waals surface area contributed by atoms with E-state index in [2.05, 4.69) is 33.2 Å². The minimum atomic E-state index is -0.0294. The highest BCUT2D eigenvalue weighted by atomic mass is 32.1. The van der Waals surface area contributed by atoms with E-state index in [4.69, 9.17) is 0 Å². The molecule has 1 atom stereocenters. The molecule has 2 aromatic heterocycles. The molecule has 3 aromatic rings. The number of benzene rings is 1. The fraction of sp³-hybridized carbons (Fsp3) is 0.350. The van der Waals surface area contributed by atoms with Crippen LogP contribution in [-0.2, 0) is 11.2 Å². The number of piperidine rings is 1.